The molecule has 2 aromatic rings. The number of nitrogens with two attached hydrogens (primary N) is 1. The van der Waals surface area contributed by atoms with Crippen molar-refractivity contribution in [3.8, 4) is 5.75 Å². The summed E-state index contributed by atoms with van der Waals surface area (Å²) in [6.07, 6.45) is 2.05. The third-order valence-electron chi connectivity index (χ3n) is 3.75. The summed E-state index contributed by atoms with van der Waals surface area (Å²) in [5.41, 5.74) is 8.00. The van der Waals surface area contributed by atoms with Crippen LogP contribution in [0.2, 0.25) is 0 Å². The molecule has 25 heavy (non-hydrogen) atoms. The number of ketones is 1. The quantitative estimate of drug-likeness (QED) is 0.543. The Bertz CT molecular complexity index is 714. The normalized spacial score (nSPS) is 10.3. The molecule has 0 aliphatic carbocycles. The van der Waals surface area contributed by atoms with Crippen molar-refractivity contribution in [1.82, 2.24) is 5.32 Å². The average molecular weight is 340 g/mol. The van der Waals surface area contributed by atoms with Gasteiger partial charge in [0.1, 0.15) is 5.75 Å². The average Bonchev–Trinajstić information content (AvgIpc) is 2.61. The van der Waals surface area contributed by atoms with Gasteiger partial charge in [-0.25, -0.2) is 0 Å². The van der Waals surface area contributed by atoms with Crippen LogP contribution in [0.25, 0.3) is 0 Å². The number of Topliss-reactive ketones (excluding diaryl/α,β-unsaturated/α-hetero) is 1. The maximum absolute atomic E-state index is 11.8. The molecule has 0 atom stereocenters. The van der Waals surface area contributed by atoms with Crippen LogP contribution in [0, 0.1) is 0 Å². The fourth-order valence-corrected chi connectivity index (χ4v) is 2.41. The molecule has 132 valence electrons. The largest absolute Gasteiger partial charge is 0.482 e. The summed E-state index contributed by atoms with van der Waals surface area (Å²) in [6, 6.07) is 14.8. The van der Waals surface area contributed by atoms with E-state index in [0.717, 1.165) is 12.8 Å². The van der Waals surface area contributed by atoms with Crippen molar-refractivity contribution in [3.63, 3.8) is 0 Å². The highest BCUT2D eigenvalue weighted by Gasteiger charge is 2.09. The van der Waals surface area contributed by atoms with Gasteiger partial charge in [-0.05, 0) is 36.6 Å². The van der Waals surface area contributed by atoms with Gasteiger partial charge in [-0.15, -0.1) is 0 Å². The molecule has 0 bridgehead atoms. The van der Waals surface area contributed by atoms with Gasteiger partial charge in [-0.2, -0.15) is 0 Å². The van der Waals surface area contributed by atoms with Gasteiger partial charge in [0.15, 0.2) is 12.4 Å². The van der Waals surface area contributed by atoms with Gasteiger partial charge >= 0.3 is 0 Å². The topological polar surface area (TPSA) is 81.4 Å². The lowest BCUT2D eigenvalue weighted by Crippen LogP contribution is -2.30. The Morgan fingerprint density at radius 3 is 2.56 bits per heavy atom. The number of rotatable bonds is 9. The van der Waals surface area contributed by atoms with E-state index in [4.69, 9.17) is 10.5 Å². The molecule has 0 aliphatic heterocycles. The van der Waals surface area contributed by atoms with Crippen LogP contribution in [0.5, 0.6) is 5.75 Å². The SMILES string of the molecule is CCCC(=O)c1ccc(OCC(=O)NCCc2ccccc2)c(N)c1. The van der Waals surface area contributed by atoms with Crippen LogP contribution in [0.3, 0.4) is 0 Å². The molecule has 0 saturated carbocycles. The summed E-state index contributed by atoms with van der Waals surface area (Å²) in [5.74, 6) is 0.257. The van der Waals surface area contributed by atoms with E-state index in [1.807, 2.05) is 37.3 Å². The Labute approximate surface area is 148 Å². The Balaban J connectivity index is 1.78. The van der Waals surface area contributed by atoms with E-state index >= 15 is 0 Å². The van der Waals surface area contributed by atoms with Crippen LogP contribution in [-0.4, -0.2) is 24.8 Å². The lowest BCUT2D eigenvalue weighted by Gasteiger charge is -2.10. The number of hydrogen-bond donors (Lipinski definition) is 2. The number of carbonyl (C=O) groups is 2. The highest BCUT2D eigenvalue weighted by Crippen LogP contribution is 2.23. The van der Waals surface area contributed by atoms with E-state index in [-0.39, 0.29) is 18.3 Å². The van der Waals surface area contributed by atoms with Gasteiger partial charge in [0.05, 0.1) is 5.69 Å². The van der Waals surface area contributed by atoms with Gasteiger partial charge in [0.25, 0.3) is 5.91 Å². The van der Waals surface area contributed by atoms with E-state index in [0.29, 0.717) is 30.0 Å². The molecule has 0 fully saturated rings. The highest BCUT2D eigenvalue weighted by molar-refractivity contribution is 5.97. The summed E-state index contributed by atoms with van der Waals surface area (Å²) in [7, 11) is 0. The van der Waals surface area contributed by atoms with Crippen molar-refractivity contribution in [2.75, 3.05) is 18.9 Å². The van der Waals surface area contributed by atoms with Gasteiger partial charge in [-0.3, -0.25) is 9.59 Å². The first-order chi connectivity index (χ1) is 12.1. The molecule has 0 spiro atoms. The molecule has 0 saturated heterocycles. The van der Waals surface area contributed by atoms with Gasteiger partial charge in [0, 0.05) is 18.5 Å². The number of nitrogens with one attached hydrogen (secondary N) is 1. The first-order valence-corrected chi connectivity index (χ1v) is 8.46. The van der Waals surface area contributed by atoms with Crippen molar-refractivity contribution < 1.29 is 14.3 Å². The molecule has 2 aromatic carbocycles. The van der Waals surface area contributed by atoms with Crippen LogP contribution >= 0.6 is 0 Å². The number of ether oxygens (including phenoxy) is 1. The lowest BCUT2D eigenvalue weighted by molar-refractivity contribution is -0.123. The monoisotopic (exact) mass is 340 g/mol. The molecule has 3 N–H and O–H groups in total. The molecule has 0 radical (unpaired) electrons. The van der Waals surface area contributed by atoms with E-state index in [1.54, 1.807) is 18.2 Å². The van der Waals surface area contributed by atoms with Gasteiger partial charge in [-0.1, -0.05) is 37.3 Å². The summed E-state index contributed by atoms with van der Waals surface area (Å²) in [6.45, 7) is 2.39. The van der Waals surface area contributed by atoms with Gasteiger partial charge in [0.2, 0.25) is 0 Å². The Morgan fingerprint density at radius 2 is 1.88 bits per heavy atom. The molecule has 2 rings (SSSR count). The van der Waals surface area contributed by atoms with Crippen molar-refractivity contribution in [3.05, 3.63) is 59.7 Å². The van der Waals surface area contributed by atoms with Crippen LogP contribution in [-0.2, 0) is 11.2 Å². The molecule has 0 aliphatic rings. The third kappa shape index (κ3) is 5.95. The van der Waals surface area contributed by atoms with Crippen molar-refractivity contribution >= 4 is 17.4 Å². The van der Waals surface area contributed by atoms with Gasteiger partial charge < -0.3 is 15.8 Å². The van der Waals surface area contributed by atoms with Crippen LogP contribution < -0.4 is 15.8 Å². The Hall–Kier alpha value is -2.82. The lowest BCUT2D eigenvalue weighted by atomic mass is 10.1. The van der Waals surface area contributed by atoms with E-state index in [9.17, 15) is 9.59 Å². The molecule has 0 unspecified atom stereocenters. The number of amides is 1. The van der Waals surface area contributed by atoms with E-state index in [2.05, 4.69) is 5.32 Å². The molecule has 0 aromatic heterocycles. The molecular formula is C20H24N2O3. The predicted octanol–water partition coefficient (Wildman–Crippen LogP) is 2.99. The molecule has 5 heteroatoms. The van der Waals surface area contributed by atoms with Crippen LogP contribution in [0.4, 0.5) is 5.69 Å². The molecule has 1 amide bonds. The minimum atomic E-state index is -0.207. The summed E-state index contributed by atoms with van der Waals surface area (Å²) < 4.78 is 5.45. The number of carbonyl (C=O) groups excluding carboxylic acids is 2. The minimum Gasteiger partial charge on any atom is -0.482 e. The maximum atomic E-state index is 11.8. The zero-order valence-electron chi connectivity index (χ0n) is 14.5. The summed E-state index contributed by atoms with van der Waals surface area (Å²) in [4.78, 5) is 23.7. The number of nitrogen functional groups attached to an aromatic ring is 1. The Kier molecular flexibility index (Phi) is 7.01. The minimum absolute atomic E-state index is 0.0550. The standard InChI is InChI=1S/C20H24N2O3/c1-2-6-18(23)16-9-10-19(17(21)13-16)25-14-20(24)22-12-11-15-7-4-3-5-8-15/h3-5,7-10,13H,2,6,11-12,14,21H2,1H3,(H,22,24). The smallest absolute Gasteiger partial charge is 0.257 e. The third-order valence-corrected chi connectivity index (χ3v) is 3.75. The summed E-state index contributed by atoms with van der Waals surface area (Å²) >= 11 is 0. The zero-order valence-corrected chi connectivity index (χ0v) is 14.5. The zero-order chi connectivity index (χ0) is 18.1. The number of hydrogen-bond acceptors (Lipinski definition) is 4. The van der Waals surface area contributed by atoms with Crippen molar-refractivity contribution in [2.24, 2.45) is 0 Å². The van der Waals surface area contributed by atoms with Crippen LogP contribution in [0.15, 0.2) is 48.5 Å². The first-order valence-electron chi connectivity index (χ1n) is 8.46. The second-order valence-electron chi connectivity index (χ2n) is 5.80. The molecule has 5 nitrogen and oxygen atoms in total. The fraction of sp³-hybridized carbons (Fsp3) is 0.300. The Morgan fingerprint density at radius 1 is 1.12 bits per heavy atom. The number of anilines is 1. The van der Waals surface area contributed by atoms with Crippen LogP contribution in [0.1, 0.15) is 35.7 Å². The van der Waals surface area contributed by atoms with Crippen molar-refractivity contribution in [1.29, 1.82) is 0 Å². The molecule has 0 heterocycles. The van der Waals surface area contributed by atoms with Crippen molar-refractivity contribution in [2.45, 2.75) is 26.2 Å². The fourth-order valence-electron chi connectivity index (χ4n) is 2.41. The van der Waals surface area contributed by atoms with E-state index < -0.39 is 0 Å². The maximum Gasteiger partial charge on any atom is 0.257 e. The number of benzene rings is 2. The first kappa shape index (κ1) is 18.5. The second-order valence-corrected chi connectivity index (χ2v) is 5.80. The summed E-state index contributed by atoms with van der Waals surface area (Å²) in [5, 5.41) is 2.81. The molecular weight excluding hydrogens is 316 g/mol. The van der Waals surface area contributed by atoms with E-state index in [1.165, 1.54) is 5.56 Å². The second kappa shape index (κ2) is 9.47. The highest BCUT2D eigenvalue weighted by atomic mass is 16.5. The predicted molar refractivity (Wildman–Crippen MR) is 98.7 cm³/mol.